The van der Waals surface area contributed by atoms with Crippen LogP contribution in [0.2, 0.25) is 0 Å². The molecule has 0 saturated heterocycles. The van der Waals surface area contributed by atoms with E-state index < -0.39 is 4.92 Å². The lowest BCUT2D eigenvalue weighted by Gasteiger charge is -2.09. The molecule has 1 amide bonds. The zero-order valence-corrected chi connectivity index (χ0v) is 16.7. The number of benzene rings is 3. The standard InChI is InChI=1S/C23H20N2O3S/c1-17-15-19(16-29-21-5-3-2-4-6-21)9-13-22(17)24-23(26)14-10-18-7-11-20(12-8-18)25(27)28/h2-15H,16H2,1H3,(H,24,26)/b14-10+. The summed E-state index contributed by atoms with van der Waals surface area (Å²) in [6, 6.07) is 22.2. The summed E-state index contributed by atoms with van der Waals surface area (Å²) < 4.78 is 0. The van der Waals surface area contributed by atoms with E-state index in [2.05, 4.69) is 23.5 Å². The summed E-state index contributed by atoms with van der Waals surface area (Å²) in [4.78, 5) is 23.6. The highest BCUT2D eigenvalue weighted by Gasteiger charge is 2.05. The number of thioether (sulfide) groups is 1. The molecule has 0 aliphatic carbocycles. The van der Waals surface area contributed by atoms with E-state index in [1.165, 1.54) is 28.7 Å². The van der Waals surface area contributed by atoms with E-state index in [1.54, 1.807) is 30.0 Å². The van der Waals surface area contributed by atoms with Crippen molar-refractivity contribution in [1.82, 2.24) is 0 Å². The summed E-state index contributed by atoms with van der Waals surface area (Å²) in [5, 5.41) is 13.5. The van der Waals surface area contributed by atoms with Crippen molar-refractivity contribution in [3.05, 3.63) is 106 Å². The van der Waals surface area contributed by atoms with Gasteiger partial charge in [-0.05, 0) is 60.0 Å². The summed E-state index contributed by atoms with van der Waals surface area (Å²) in [5.74, 6) is 0.608. The lowest BCUT2D eigenvalue weighted by molar-refractivity contribution is -0.384. The van der Waals surface area contributed by atoms with Crippen molar-refractivity contribution in [3.8, 4) is 0 Å². The first-order valence-electron chi connectivity index (χ1n) is 9.02. The monoisotopic (exact) mass is 404 g/mol. The highest BCUT2D eigenvalue weighted by molar-refractivity contribution is 7.98. The number of carbonyl (C=O) groups is 1. The van der Waals surface area contributed by atoms with Crippen LogP contribution in [0.4, 0.5) is 11.4 Å². The Morgan fingerprint density at radius 3 is 2.45 bits per heavy atom. The highest BCUT2D eigenvalue weighted by atomic mass is 32.2. The average Bonchev–Trinajstić information content (AvgIpc) is 2.73. The van der Waals surface area contributed by atoms with Crippen molar-refractivity contribution in [1.29, 1.82) is 0 Å². The van der Waals surface area contributed by atoms with Gasteiger partial charge in [-0.2, -0.15) is 0 Å². The van der Waals surface area contributed by atoms with Crippen LogP contribution < -0.4 is 5.32 Å². The van der Waals surface area contributed by atoms with Gasteiger partial charge in [0.05, 0.1) is 4.92 Å². The lowest BCUT2D eigenvalue weighted by atomic mass is 10.1. The summed E-state index contributed by atoms with van der Waals surface area (Å²) in [7, 11) is 0. The molecule has 6 heteroatoms. The van der Waals surface area contributed by atoms with Crippen LogP contribution in [-0.4, -0.2) is 10.8 Å². The van der Waals surface area contributed by atoms with Crippen molar-refractivity contribution in [2.75, 3.05) is 5.32 Å². The number of carbonyl (C=O) groups excluding carboxylic acids is 1. The summed E-state index contributed by atoms with van der Waals surface area (Å²) >= 11 is 1.77. The molecule has 3 rings (SSSR count). The van der Waals surface area contributed by atoms with Crippen LogP contribution in [0.5, 0.6) is 0 Å². The number of non-ortho nitro benzene ring substituents is 1. The smallest absolute Gasteiger partial charge is 0.269 e. The average molecular weight is 404 g/mol. The van der Waals surface area contributed by atoms with Gasteiger partial charge in [0, 0.05) is 34.5 Å². The Bertz CT molecular complexity index is 1030. The van der Waals surface area contributed by atoms with Gasteiger partial charge in [-0.3, -0.25) is 14.9 Å². The molecule has 0 heterocycles. The zero-order chi connectivity index (χ0) is 20.6. The number of aryl methyl sites for hydroxylation is 1. The first-order chi connectivity index (χ1) is 14.0. The Hall–Kier alpha value is -3.38. The van der Waals surface area contributed by atoms with E-state index in [9.17, 15) is 14.9 Å². The minimum absolute atomic E-state index is 0.0211. The lowest BCUT2D eigenvalue weighted by Crippen LogP contribution is -2.09. The predicted octanol–water partition coefficient (Wildman–Crippen LogP) is 5.85. The topological polar surface area (TPSA) is 72.2 Å². The number of nitrogens with one attached hydrogen (secondary N) is 1. The third-order valence-corrected chi connectivity index (χ3v) is 5.31. The van der Waals surface area contributed by atoms with E-state index in [1.807, 2.05) is 37.3 Å². The Balaban J connectivity index is 1.57. The van der Waals surface area contributed by atoms with E-state index in [0.29, 0.717) is 0 Å². The van der Waals surface area contributed by atoms with E-state index in [4.69, 9.17) is 0 Å². The number of nitrogens with zero attached hydrogens (tertiary/aromatic N) is 1. The number of nitro benzene ring substituents is 1. The molecular formula is C23H20N2O3S. The first-order valence-corrected chi connectivity index (χ1v) is 10.0. The van der Waals surface area contributed by atoms with Crippen molar-refractivity contribution < 1.29 is 9.72 Å². The van der Waals surface area contributed by atoms with Gasteiger partial charge in [-0.15, -0.1) is 11.8 Å². The molecule has 29 heavy (non-hydrogen) atoms. The van der Waals surface area contributed by atoms with Crippen molar-refractivity contribution >= 4 is 35.1 Å². The fraction of sp³-hybridized carbons (Fsp3) is 0.0870. The summed E-state index contributed by atoms with van der Waals surface area (Å²) in [6.45, 7) is 1.96. The molecule has 3 aromatic carbocycles. The third kappa shape index (κ3) is 6.05. The molecule has 0 unspecified atom stereocenters. The SMILES string of the molecule is Cc1cc(CSc2ccccc2)ccc1NC(=O)/C=C/c1ccc([N+](=O)[O-])cc1. The van der Waals surface area contributed by atoms with Gasteiger partial charge in [0.2, 0.25) is 5.91 Å². The maximum atomic E-state index is 12.2. The maximum absolute atomic E-state index is 12.2. The second-order valence-corrected chi connectivity index (χ2v) is 7.47. The van der Waals surface area contributed by atoms with Crippen LogP contribution in [0.1, 0.15) is 16.7 Å². The van der Waals surface area contributed by atoms with E-state index >= 15 is 0 Å². The van der Waals surface area contributed by atoms with Crippen LogP contribution in [0.3, 0.4) is 0 Å². The van der Waals surface area contributed by atoms with Crippen LogP contribution in [0.25, 0.3) is 6.08 Å². The van der Waals surface area contributed by atoms with Crippen molar-refractivity contribution in [2.45, 2.75) is 17.6 Å². The van der Waals surface area contributed by atoms with Crippen LogP contribution in [-0.2, 0) is 10.5 Å². The largest absolute Gasteiger partial charge is 0.322 e. The Morgan fingerprint density at radius 2 is 1.79 bits per heavy atom. The molecule has 0 radical (unpaired) electrons. The van der Waals surface area contributed by atoms with Gasteiger partial charge in [-0.1, -0.05) is 30.3 Å². The molecule has 1 N–H and O–H groups in total. The predicted molar refractivity (Wildman–Crippen MR) is 118 cm³/mol. The van der Waals surface area contributed by atoms with Crippen molar-refractivity contribution in [2.24, 2.45) is 0 Å². The Kier molecular flexibility index (Phi) is 6.81. The molecule has 0 aliphatic rings. The third-order valence-electron chi connectivity index (χ3n) is 4.23. The van der Waals surface area contributed by atoms with Gasteiger partial charge in [0.1, 0.15) is 0 Å². The van der Waals surface area contributed by atoms with Crippen LogP contribution >= 0.6 is 11.8 Å². The van der Waals surface area contributed by atoms with Crippen molar-refractivity contribution in [3.63, 3.8) is 0 Å². The molecule has 0 spiro atoms. The van der Waals surface area contributed by atoms with Gasteiger partial charge in [0.25, 0.3) is 5.69 Å². The molecule has 3 aromatic rings. The number of anilines is 1. The van der Waals surface area contributed by atoms with Crippen LogP contribution in [0, 0.1) is 17.0 Å². The number of hydrogen-bond acceptors (Lipinski definition) is 4. The van der Waals surface area contributed by atoms with E-state index in [-0.39, 0.29) is 11.6 Å². The number of hydrogen-bond donors (Lipinski definition) is 1. The molecule has 0 fully saturated rings. The quantitative estimate of drug-likeness (QED) is 0.232. The van der Waals surface area contributed by atoms with Gasteiger partial charge < -0.3 is 5.32 Å². The zero-order valence-electron chi connectivity index (χ0n) is 15.9. The molecule has 5 nitrogen and oxygen atoms in total. The molecular weight excluding hydrogens is 384 g/mol. The fourth-order valence-corrected chi connectivity index (χ4v) is 3.56. The number of nitro groups is 1. The second kappa shape index (κ2) is 9.71. The molecule has 146 valence electrons. The molecule has 0 bridgehead atoms. The number of amides is 1. The van der Waals surface area contributed by atoms with Gasteiger partial charge in [0.15, 0.2) is 0 Å². The summed E-state index contributed by atoms with van der Waals surface area (Å²) in [5.41, 5.74) is 3.68. The van der Waals surface area contributed by atoms with E-state index in [0.717, 1.165) is 22.6 Å². The molecule has 0 aromatic heterocycles. The Labute approximate surface area is 173 Å². The maximum Gasteiger partial charge on any atom is 0.269 e. The molecule has 0 saturated carbocycles. The second-order valence-electron chi connectivity index (χ2n) is 6.42. The fourth-order valence-electron chi connectivity index (χ4n) is 2.69. The normalized spacial score (nSPS) is 10.8. The first kappa shape index (κ1) is 20.4. The minimum atomic E-state index is -0.453. The van der Waals surface area contributed by atoms with Gasteiger partial charge in [-0.25, -0.2) is 0 Å². The molecule has 0 atom stereocenters. The van der Waals surface area contributed by atoms with Gasteiger partial charge >= 0.3 is 0 Å². The molecule has 0 aliphatic heterocycles. The number of rotatable bonds is 7. The Morgan fingerprint density at radius 1 is 1.07 bits per heavy atom. The summed E-state index contributed by atoms with van der Waals surface area (Å²) in [6.07, 6.45) is 3.04. The minimum Gasteiger partial charge on any atom is -0.322 e. The van der Waals surface area contributed by atoms with Crippen LogP contribution in [0.15, 0.2) is 83.8 Å². The highest BCUT2D eigenvalue weighted by Crippen LogP contribution is 2.25.